The zero-order chi connectivity index (χ0) is 19.4. The minimum Gasteiger partial charge on any atom is -0.423 e. The van der Waals surface area contributed by atoms with Crippen molar-refractivity contribution in [3.63, 3.8) is 0 Å². The van der Waals surface area contributed by atoms with E-state index in [4.69, 9.17) is 11.6 Å². The first-order chi connectivity index (χ1) is 12.9. The van der Waals surface area contributed by atoms with Gasteiger partial charge in [-0.2, -0.15) is 5.10 Å². The molecule has 0 aliphatic carbocycles. The molecule has 0 spiro atoms. The highest BCUT2D eigenvalue weighted by molar-refractivity contribution is 7.17. The fraction of sp³-hybridized carbons (Fsp3) is 0.0556. The lowest BCUT2D eigenvalue weighted by molar-refractivity contribution is 0.0958. The second-order valence-electron chi connectivity index (χ2n) is 5.68. The Bertz CT molecular complexity index is 990. The van der Waals surface area contributed by atoms with E-state index in [1.807, 2.05) is 12.1 Å². The van der Waals surface area contributed by atoms with Crippen LogP contribution in [0.2, 0.25) is 5.02 Å². The minimum atomic E-state index is -1.56. The second-order valence-corrected chi connectivity index (χ2v) is 7.12. The van der Waals surface area contributed by atoms with Gasteiger partial charge < -0.3 is 10.0 Å². The Balaban J connectivity index is 1.71. The molecule has 0 saturated heterocycles. The molecule has 3 rings (SSSR count). The molecular formula is C18H15BClN3O3S. The molecule has 6 nitrogen and oxygen atoms in total. The van der Waals surface area contributed by atoms with Crippen molar-refractivity contribution < 1.29 is 14.8 Å². The maximum Gasteiger partial charge on any atom is 0.488 e. The first kappa shape index (κ1) is 19.3. The Labute approximate surface area is 165 Å². The molecule has 0 radical (unpaired) electrons. The molecule has 136 valence electrons. The Morgan fingerprint density at radius 3 is 2.70 bits per heavy atom. The third-order valence-corrected chi connectivity index (χ3v) is 5.14. The number of nitrogens with one attached hydrogen (secondary N) is 1. The van der Waals surface area contributed by atoms with E-state index in [2.05, 4.69) is 15.5 Å². The lowest BCUT2D eigenvalue weighted by atomic mass is 9.80. The Kier molecular flexibility index (Phi) is 6.03. The Morgan fingerprint density at radius 2 is 2.00 bits per heavy atom. The van der Waals surface area contributed by atoms with Gasteiger partial charge in [-0.1, -0.05) is 48.0 Å². The van der Waals surface area contributed by atoms with Gasteiger partial charge in [0.1, 0.15) is 9.88 Å². The Hall–Kier alpha value is -2.52. The maximum atomic E-state index is 12.4. The summed E-state index contributed by atoms with van der Waals surface area (Å²) in [4.78, 5) is 17.3. The van der Waals surface area contributed by atoms with Crippen molar-refractivity contribution in [1.29, 1.82) is 0 Å². The van der Waals surface area contributed by atoms with Crippen LogP contribution in [0.3, 0.4) is 0 Å². The van der Waals surface area contributed by atoms with E-state index in [0.717, 1.165) is 10.6 Å². The average Bonchev–Trinajstić information content (AvgIpc) is 3.04. The van der Waals surface area contributed by atoms with E-state index < -0.39 is 7.12 Å². The van der Waals surface area contributed by atoms with E-state index in [9.17, 15) is 14.8 Å². The van der Waals surface area contributed by atoms with Gasteiger partial charge in [-0.05, 0) is 30.1 Å². The molecule has 3 N–H and O–H groups in total. The summed E-state index contributed by atoms with van der Waals surface area (Å²) in [7, 11) is -1.56. The number of hydrogen-bond acceptors (Lipinski definition) is 6. The number of rotatable bonds is 5. The van der Waals surface area contributed by atoms with Crippen molar-refractivity contribution in [1.82, 2.24) is 10.4 Å². The fourth-order valence-corrected chi connectivity index (χ4v) is 3.43. The molecule has 9 heteroatoms. The van der Waals surface area contributed by atoms with Gasteiger partial charge >= 0.3 is 7.12 Å². The number of hydrogen-bond donors (Lipinski definition) is 3. The van der Waals surface area contributed by atoms with E-state index in [1.165, 1.54) is 17.6 Å². The largest absolute Gasteiger partial charge is 0.488 e. The van der Waals surface area contributed by atoms with E-state index >= 15 is 0 Å². The van der Waals surface area contributed by atoms with Crippen LogP contribution in [0, 0.1) is 6.92 Å². The minimum absolute atomic E-state index is 0.344. The number of aryl methyl sites for hydroxylation is 1. The SMILES string of the molecule is Cc1nc(-c2ccc(Cl)cc2)sc1C(=O)N/N=C/c1cccc(B(O)O)c1. The summed E-state index contributed by atoms with van der Waals surface area (Å²) in [5.41, 5.74) is 4.94. The molecule has 0 aliphatic heterocycles. The fourth-order valence-electron chi connectivity index (χ4n) is 2.34. The van der Waals surface area contributed by atoms with Gasteiger partial charge in [0.15, 0.2) is 0 Å². The van der Waals surface area contributed by atoms with Crippen LogP contribution >= 0.6 is 22.9 Å². The zero-order valence-corrected chi connectivity index (χ0v) is 15.8. The number of thiazole rings is 1. The van der Waals surface area contributed by atoms with Crippen molar-refractivity contribution in [2.75, 3.05) is 0 Å². The quantitative estimate of drug-likeness (QED) is 0.348. The molecular weight excluding hydrogens is 385 g/mol. The van der Waals surface area contributed by atoms with Crippen molar-refractivity contribution in [3.05, 3.63) is 69.7 Å². The van der Waals surface area contributed by atoms with Crippen molar-refractivity contribution in [2.45, 2.75) is 6.92 Å². The van der Waals surface area contributed by atoms with Gasteiger partial charge in [-0.3, -0.25) is 4.79 Å². The second kappa shape index (κ2) is 8.45. The summed E-state index contributed by atoms with van der Waals surface area (Å²) >= 11 is 7.17. The van der Waals surface area contributed by atoms with Gasteiger partial charge in [0.2, 0.25) is 0 Å². The van der Waals surface area contributed by atoms with Gasteiger partial charge in [0.25, 0.3) is 5.91 Å². The van der Waals surface area contributed by atoms with Crippen molar-refractivity contribution in [2.24, 2.45) is 5.10 Å². The van der Waals surface area contributed by atoms with Crippen LogP contribution in [0.1, 0.15) is 20.9 Å². The first-order valence-electron chi connectivity index (χ1n) is 7.97. The predicted molar refractivity (Wildman–Crippen MR) is 109 cm³/mol. The normalized spacial score (nSPS) is 11.0. The molecule has 2 aromatic carbocycles. The van der Waals surface area contributed by atoms with Crippen LogP contribution in [0.4, 0.5) is 0 Å². The molecule has 1 amide bonds. The smallest absolute Gasteiger partial charge is 0.423 e. The van der Waals surface area contributed by atoms with Gasteiger partial charge in [-0.25, -0.2) is 10.4 Å². The highest BCUT2D eigenvalue weighted by Gasteiger charge is 2.16. The summed E-state index contributed by atoms with van der Waals surface area (Å²) in [5, 5.41) is 23.6. The van der Waals surface area contributed by atoms with E-state index in [0.29, 0.717) is 26.6 Å². The summed E-state index contributed by atoms with van der Waals surface area (Å²) < 4.78 is 0. The average molecular weight is 400 g/mol. The molecule has 0 aliphatic rings. The third kappa shape index (κ3) is 4.81. The van der Waals surface area contributed by atoms with Crippen molar-refractivity contribution in [3.8, 4) is 10.6 Å². The molecule has 0 bridgehead atoms. The topological polar surface area (TPSA) is 94.8 Å². The molecule has 27 heavy (non-hydrogen) atoms. The summed E-state index contributed by atoms with van der Waals surface area (Å²) in [6.07, 6.45) is 1.43. The van der Waals surface area contributed by atoms with Crippen LogP contribution < -0.4 is 10.9 Å². The number of carbonyl (C=O) groups is 1. The monoisotopic (exact) mass is 399 g/mol. The molecule has 3 aromatic rings. The highest BCUT2D eigenvalue weighted by atomic mass is 35.5. The summed E-state index contributed by atoms with van der Waals surface area (Å²) in [6, 6.07) is 13.8. The maximum absolute atomic E-state index is 12.4. The zero-order valence-electron chi connectivity index (χ0n) is 14.3. The number of carbonyl (C=O) groups excluding carboxylic acids is 1. The standard InChI is InChI=1S/C18H15BClN3O3S/c1-11-16(27-18(22-11)13-5-7-15(20)8-6-13)17(24)23-21-10-12-3-2-4-14(9-12)19(25)26/h2-10,25-26H,1H3,(H,23,24)/b21-10+. The van der Waals surface area contributed by atoms with Crippen LogP contribution in [-0.4, -0.2) is 34.3 Å². The lowest BCUT2D eigenvalue weighted by Crippen LogP contribution is -2.29. The number of aromatic nitrogens is 1. The molecule has 0 atom stereocenters. The molecule has 1 heterocycles. The van der Waals surface area contributed by atoms with Crippen LogP contribution in [0.5, 0.6) is 0 Å². The van der Waals surface area contributed by atoms with Gasteiger partial charge in [-0.15, -0.1) is 11.3 Å². The van der Waals surface area contributed by atoms with Gasteiger partial charge in [0.05, 0.1) is 11.9 Å². The number of amides is 1. The number of benzene rings is 2. The number of nitrogens with zero attached hydrogens (tertiary/aromatic N) is 2. The highest BCUT2D eigenvalue weighted by Crippen LogP contribution is 2.28. The van der Waals surface area contributed by atoms with E-state index in [1.54, 1.807) is 43.3 Å². The lowest BCUT2D eigenvalue weighted by Gasteiger charge is -2.00. The molecule has 1 aromatic heterocycles. The van der Waals surface area contributed by atoms with Crippen LogP contribution in [0.15, 0.2) is 53.6 Å². The van der Waals surface area contributed by atoms with Crippen molar-refractivity contribution >= 4 is 47.6 Å². The van der Waals surface area contributed by atoms with Gasteiger partial charge in [0, 0.05) is 10.6 Å². The third-order valence-electron chi connectivity index (χ3n) is 3.68. The summed E-state index contributed by atoms with van der Waals surface area (Å²) in [5.74, 6) is -0.361. The molecule has 0 unspecified atom stereocenters. The van der Waals surface area contributed by atoms with Crippen LogP contribution in [0.25, 0.3) is 10.6 Å². The first-order valence-corrected chi connectivity index (χ1v) is 9.16. The summed E-state index contributed by atoms with van der Waals surface area (Å²) in [6.45, 7) is 1.76. The predicted octanol–water partition coefficient (Wildman–Crippen LogP) is 2.22. The Morgan fingerprint density at radius 1 is 1.26 bits per heavy atom. The molecule has 0 fully saturated rings. The molecule has 0 saturated carbocycles. The number of hydrazone groups is 1. The van der Waals surface area contributed by atoms with Crippen LogP contribution in [-0.2, 0) is 0 Å². The number of halogens is 1. The van der Waals surface area contributed by atoms with E-state index in [-0.39, 0.29) is 5.91 Å².